The molecule has 5 N–H and O–H groups in total. The zero-order chi connectivity index (χ0) is 18.8. The number of hydrogen-bond acceptors (Lipinski definition) is 7. The van der Waals surface area contributed by atoms with Crippen LogP contribution in [0.4, 0.5) is 4.39 Å². The van der Waals surface area contributed by atoms with E-state index in [1.165, 1.54) is 0 Å². The third kappa shape index (κ3) is 4.23. The van der Waals surface area contributed by atoms with Gasteiger partial charge in [0.2, 0.25) is 0 Å². The van der Waals surface area contributed by atoms with E-state index < -0.39 is 51.7 Å². The number of phosphoric acid groups is 1. The van der Waals surface area contributed by atoms with Crippen molar-refractivity contribution in [2.75, 3.05) is 13.5 Å². The van der Waals surface area contributed by atoms with Gasteiger partial charge in [0, 0.05) is 0 Å². The van der Waals surface area contributed by atoms with Crippen molar-refractivity contribution in [1.82, 2.24) is 9.55 Å². The number of aromatic nitrogens is 2. The first kappa shape index (κ1) is 19.5. The molecule has 2 heterocycles. The van der Waals surface area contributed by atoms with Crippen LogP contribution in [0, 0.1) is 12.3 Å². The zero-order valence-corrected chi connectivity index (χ0v) is 13.5. The van der Waals surface area contributed by atoms with Gasteiger partial charge in [-0.05, 0) is 5.92 Å². The Bertz CT molecular complexity index is 728. The summed E-state index contributed by atoms with van der Waals surface area (Å²) >= 11 is 0. The minimum absolute atomic E-state index is 0.143. The highest BCUT2D eigenvalue weighted by Gasteiger charge is 2.49. The molecule has 2 rings (SSSR count). The molecule has 13 heteroatoms. The molecule has 0 saturated carbocycles. The summed E-state index contributed by atoms with van der Waals surface area (Å²) in [6, 6.07) is 0. The average molecular weight is 379 g/mol. The minimum Gasteiger partial charge on any atom is -0.387 e. The molecule has 1 aromatic rings. The topological polar surface area (TPSA) is 166 Å². The standard InChI is InChI=1S/C12H15FN3O8P/c1-2-6-8(11(14)18)15-5-16(6)12-10(24-25(19,20)21)9(17)7(23-12)3-22-4-13/h1,5,7,9-10,12,17H,3-4H2,(H2,14,18)(H2,19,20,21)/t7-,9-,10-,12-/m1/s1. The number of terminal acetylenes is 1. The predicted molar refractivity (Wildman–Crippen MR) is 77.4 cm³/mol. The Morgan fingerprint density at radius 2 is 2.28 bits per heavy atom. The summed E-state index contributed by atoms with van der Waals surface area (Å²) in [5.74, 6) is 1.22. The van der Waals surface area contributed by atoms with E-state index in [0.29, 0.717) is 0 Å². The van der Waals surface area contributed by atoms with Gasteiger partial charge in [-0.25, -0.2) is 13.9 Å². The van der Waals surface area contributed by atoms with Crippen molar-refractivity contribution in [3.8, 4) is 12.3 Å². The highest BCUT2D eigenvalue weighted by Crippen LogP contribution is 2.45. The van der Waals surface area contributed by atoms with Crippen molar-refractivity contribution in [3.05, 3.63) is 17.7 Å². The van der Waals surface area contributed by atoms with Crippen LogP contribution < -0.4 is 5.73 Å². The van der Waals surface area contributed by atoms with E-state index in [4.69, 9.17) is 26.7 Å². The molecule has 0 unspecified atom stereocenters. The number of rotatable bonds is 7. The number of hydrogen-bond donors (Lipinski definition) is 4. The van der Waals surface area contributed by atoms with Gasteiger partial charge in [0.15, 0.2) is 18.8 Å². The third-order valence-corrected chi connectivity index (χ3v) is 3.89. The van der Waals surface area contributed by atoms with Crippen LogP contribution in [0.15, 0.2) is 6.33 Å². The molecule has 1 aromatic heterocycles. The van der Waals surface area contributed by atoms with Crippen LogP contribution >= 0.6 is 7.82 Å². The lowest BCUT2D eigenvalue weighted by molar-refractivity contribution is -0.0784. The summed E-state index contributed by atoms with van der Waals surface area (Å²) in [4.78, 5) is 33.1. The summed E-state index contributed by atoms with van der Waals surface area (Å²) in [7, 11) is -5.03. The molecule has 1 amide bonds. The number of ether oxygens (including phenoxy) is 2. The first-order valence-electron chi connectivity index (χ1n) is 6.74. The van der Waals surface area contributed by atoms with Gasteiger partial charge in [-0.1, -0.05) is 0 Å². The average Bonchev–Trinajstić information content (AvgIpc) is 3.06. The second-order valence-electron chi connectivity index (χ2n) is 4.95. The molecule has 4 atom stereocenters. The highest BCUT2D eigenvalue weighted by atomic mass is 31.2. The lowest BCUT2D eigenvalue weighted by Gasteiger charge is -2.22. The molecule has 0 bridgehead atoms. The Labute approximate surface area is 140 Å². The molecule has 11 nitrogen and oxygen atoms in total. The van der Waals surface area contributed by atoms with E-state index in [-0.39, 0.29) is 11.4 Å². The third-order valence-electron chi connectivity index (χ3n) is 3.37. The van der Waals surface area contributed by atoms with E-state index in [1.54, 1.807) is 0 Å². The Balaban J connectivity index is 2.40. The molecular formula is C12H15FN3O8P. The highest BCUT2D eigenvalue weighted by molar-refractivity contribution is 7.46. The number of alkyl halides is 1. The van der Waals surface area contributed by atoms with Gasteiger partial charge >= 0.3 is 7.82 Å². The summed E-state index contributed by atoms with van der Waals surface area (Å²) < 4.78 is 38.9. The van der Waals surface area contributed by atoms with Crippen LogP contribution in [0.1, 0.15) is 22.4 Å². The number of phosphoric ester groups is 1. The maximum atomic E-state index is 12.2. The smallest absolute Gasteiger partial charge is 0.387 e. The largest absolute Gasteiger partial charge is 0.470 e. The Morgan fingerprint density at radius 1 is 1.60 bits per heavy atom. The van der Waals surface area contributed by atoms with Crippen molar-refractivity contribution < 1.29 is 42.6 Å². The Hall–Kier alpha value is -1.84. The van der Waals surface area contributed by atoms with E-state index >= 15 is 0 Å². The Kier molecular flexibility index (Phi) is 5.91. The van der Waals surface area contributed by atoms with Gasteiger partial charge in [0.25, 0.3) is 5.91 Å². The van der Waals surface area contributed by atoms with Gasteiger partial charge in [-0.15, -0.1) is 6.42 Å². The second-order valence-corrected chi connectivity index (χ2v) is 6.15. The molecule has 0 spiro atoms. The van der Waals surface area contributed by atoms with Crippen LogP contribution in [0.5, 0.6) is 0 Å². The molecule has 1 aliphatic rings. The quantitative estimate of drug-likeness (QED) is 0.331. The van der Waals surface area contributed by atoms with Crippen molar-refractivity contribution >= 4 is 13.7 Å². The molecule has 1 saturated heterocycles. The SMILES string of the molecule is C#Cc1c(C(N)=O)ncn1[C@@H]1O[C@H](COCF)[C@@H](O)[C@H]1OP(=O)(O)O. The van der Waals surface area contributed by atoms with Crippen LogP contribution in [0.2, 0.25) is 0 Å². The summed E-state index contributed by atoms with van der Waals surface area (Å²) in [6.45, 7) is -1.58. The number of nitrogens with two attached hydrogens (primary N) is 1. The summed E-state index contributed by atoms with van der Waals surface area (Å²) in [5.41, 5.74) is 4.72. The van der Waals surface area contributed by atoms with Gasteiger partial charge in [-0.3, -0.25) is 13.9 Å². The molecule has 0 radical (unpaired) electrons. The Morgan fingerprint density at radius 3 is 2.80 bits per heavy atom. The fourth-order valence-electron chi connectivity index (χ4n) is 2.39. The van der Waals surface area contributed by atoms with Gasteiger partial charge < -0.3 is 30.1 Å². The molecule has 0 aliphatic carbocycles. The van der Waals surface area contributed by atoms with Crippen LogP contribution in [-0.2, 0) is 18.6 Å². The number of halogens is 1. The van der Waals surface area contributed by atoms with Crippen LogP contribution in [0.25, 0.3) is 0 Å². The fraction of sp³-hybridized carbons (Fsp3) is 0.500. The molecular weight excluding hydrogens is 364 g/mol. The maximum absolute atomic E-state index is 12.2. The van der Waals surface area contributed by atoms with E-state index in [9.17, 15) is 18.9 Å². The molecule has 0 aromatic carbocycles. The normalized spacial score (nSPS) is 26.5. The minimum atomic E-state index is -5.03. The summed E-state index contributed by atoms with van der Waals surface area (Å²) in [5, 5.41) is 10.2. The number of aliphatic hydroxyl groups excluding tert-OH is 1. The van der Waals surface area contributed by atoms with Crippen molar-refractivity contribution in [2.24, 2.45) is 5.73 Å². The van der Waals surface area contributed by atoms with Crippen molar-refractivity contribution in [3.63, 3.8) is 0 Å². The summed E-state index contributed by atoms with van der Waals surface area (Å²) in [6.07, 6.45) is 0.620. The predicted octanol–water partition coefficient (Wildman–Crippen LogP) is -1.36. The molecule has 1 aliphatic heterocycles. The van der Waals surface area contributed by atoms with Gasteiger partial charge in [0.05, 0.1) is 12.9 Å². The monoisotopic (exact) mass is 379 g/mol. The number of aliphatic hydroxyl groups is 1. The van der Waals surface area contributed by atoms with Crippen molar-refractivity contribution in [2.45, 2.75) is 24.5 Å². The molecule has 1 fully saturated rings. The van der Waals surface area contributed by atoms with Gasteiger partial charge in [-0.2, -0.15) is 0 Å². The molecule has 25 heavy (non-hydrogen) atoms. The number of nitrogens with zero attached hydrogens (tertiary/aromatic N) is 2. The second kappa shape index (κ2) is 7.59. The maximum Gasteiger partial charge on any atom is 0.470 e. The molecule has 138 valence electrons. The van der Waals surface area contributed by atoms with Crippen molar-refractivity contribution in [1.29, 1.82) is 0 Å². The first-order chi connectivity index (χ1) is 11.7. The number of imidazole rings is 1. The van der Waals surface area contributed by atoms with Crippen LogP contribution in [-0.4, -0.2) is 62.1 Å². The first-order valence-corrected chi connectivity index (χ1v) is 8.27. The number of primary amides is 1. The lowest BCUT2D eigenvalue weighted by Crippen LogP contribution is -2.35. The zero-order valence-electron chi connectivity index (χ0n) is 12.6. The van der Waals surface area contributed by atoms with Gasteiger partial charge in [0.1, 0.15) is 24.0 Å². The van der Waals surface area contributed by atoms with E-state index in [2.05, 4.69) is 20.2 Å². The number of amides is 1. The number of carbonyl (C=O) groups excluding carboxylic acids is 1. The van der Waals surface area contributed by atoms with Crippen LogP contribution in [0.3, 0.4) is 0 Å². The number of carbonyl (C=O) groups is 1. The van der Waals surface area contributed by atoms with E-state index in [0.717, 1.165) is 10.9 Å². The fourth-order valence-corrected chi connectivity index (χ4v) is 2.94. The lowest BCUT2D eigenvalue weighted by atomic mass is 10.1. The van der Waals surface area contributed by atoms with E-state index in [1.807, 2.05) is 0 Å².